The van der Waals surface area contributed by atoms with Gasteiger partial charge in [0.2, 0.25) is 0 Å². The van der Waals surface area contributed by atoms with Gasteiger partial charge >= 0.3 is 0 Å². The number of hydrogen-bond acceptors (Lipinski definition) is 8. The van der Waals surface area contributed by atoms with Crippen LogP contribution in [0.5, 0.6) is 0 Å². The Hall–Kier alpha value is -6.84. The Morgan fingerprint density at radius 3 is 1.41 bits per heavy atom. The molecule has 12 aromatic rings. The topological polar surface area (TPSA) is 77.3 Å². The smallest absolute Gasteiger partial charge is 0.124 e. The Kier molecular flexibility index (Phi) is 14.1. The second-order valence-corrected chi connectivity index (χ2v) is 16.1. The number of benzene rings is 6. The van der Waals surface area contributed by atoms with Gasteiger partial charge in [0, 0.05) is 43.6 Å². The van der Waals surface area contributed by atoms with E-state index in [4.69, 9.17) is 9.97 Å². The van der Waals surface area contributed by atoms with Crippen LogP contribution in [0.25, 0.3) is 97.3 Å². The number of rotatable bonds is 5. The number of aromatic nitrogens is 6. The van der Waals surface area contributed by atoms with E-state index in [-0.39, 0.29) is 32.5 Å². The summed E-state index contributed by atoms with van der Waals surface area (Å²) in [5, 5.41) is 4.28. The van der Waals surface area contributed by atoms with Crippen LogP contribution in [0.4, 0.5) is 0 Å². The van der Waals surface area contributed by atoms with Crippen LogP contribution in [0, 0.1) is 18.2 Å². The third-order valence-electron chi connectivity index (χ3n) is 9.95. The first-order chi connectivity index (χ1) is 30.7. The largest absolute Gasteiger partial charge is 1.00 e. The minimum atomic E-state index is 0. The molecule has 0 unspecified atom stereocenters. The fourth-order valence-electron chi connectivity index (χ4n) is 6.87. The number of fused-ring (bicyclic) bond motifs is 4. The number of nitrogens with zero attached hydrogens (tertiary/aromatic N) is 6. The monoisotopic (exact) mass is 1060 g/mol. The summed E-state index contributed by atoms with van der Waals surface area (Å²) in [6.45, 7) is 0. The average molecular weight is 1060 g/mol. The molecular weight excluding hydrogens is 1020 g/mol. The fraction of sp³-hybridized carbons (Fsp3) is 0. The molecule has 0 atom stereocenters. The van der Waals surface area contributed by atoms with Crippen LogP contribution in [0.3, 0.4) is 0 Å². The maximum atomic E-state index is 4.77. The summed E-state index contributed by atoms with van der Waals surface area (Å²) in [7, 11) is 0. The van der Waals surface area contributed by atoms with E-state index >= 15 is 0 Å². The van der Waals surface area contributed by atoms with Crippen LogP contribution < -0.4 is 12.4 Å². The Bertz CT molecular complexity index is 3160. The summed E-state index contributed by atoms with van der Waals surface area (Å²) in [6, 6.07) is 72.1. The Labute approximate surface area is 398 Å². The minimum absolute atomic E-state index is 0. The van der Waals surface area contributed by atoms with Crippen LogP contribution in [0.2, 0.25) is 0 Å². The molecule has 64 heavy (non-hydrogen) atoms. The van der Waals surface area contributed by atoms with Crippen molar-refractivity contribution in [3.63, 3.8) is 0 Å². The van der Waals surface area contributed by atoms with Crippen LogP contribution >= 0.6 is 22.7 Å². The van der Waals surface area contributed by atoms with Gasteiger partial charge in [0.25, 0.3) is 0 Å². The van der Waals surface area contributed by atoms with Crippen molar-refractivity contribution in [2.75, 3.05) is 0 Å². The Morgan fingerprint density at radius 2 is 0.859 bits per heavy atom. The quantitative estimate of drug-likeness (QED) is 0.160. The van der Waals surface area contributed by atoms with Gasteiger partial charge in [-0.05, 0) is 76.2 Å². The Morgan fingerprint density at radius 1 is 0.375 bits per heavy atom. The Balaban J connectivity index is 0.000000140. The van der Waals surface area contributed by atoms with Gasteiger partial charge in [-0.25, -0.2) is 4.98 Å². The molecule has 0 fully saturated rings. The molecule has 0 bridgehead atoms. The maximum absolute atomic E-state index is 4.77. The van der Waals surface area contributed by atoms with E-state index in [0.717, 1.165) is 81.8 Å². The third kappa shape index (κ3) is 10.0. The van der Waals surface area contributed by atoms with Crippen molar-refractivity contribution in [1.82, 2.24) is 29.9 Å². The van der Waals surface area contributed by atoms with Gasteiger partial charge in [-0.3, -0.25) is 24.9 Å². The van der Waals surface area contributed by atoms with E-state index in [1.54, 1.807) is 22.7 Å². The van der Waals surface area contributed by atoms with Crippen LogP contribution in [-0.4, -0.2) is 29.9 Å². The third-order valence-corrected chi connectivity index (χ3v) is 12.1. The summed E-state index contributed by atoms with van der Waals surface area (Å²) in [5.41, 5.74) is 11.7. The SMILES string of the molecule is [Cl-].[Ir].[c-]1cccc2sc(-c3ccnc(-c4cc(-c5nc6ccccc6s5)ccn4)c3)nc12.[c-]1ccccc1-c1ccc2ccccc2n1.[c-]1ccccc1-c1ccc2ccccc2n1. The standard InChI is InChI=1S/C24H13N4S2.2C15H10N.ClH.Ir/c1-3-7-21-17(5-1)27-23(29-21)15-9-11-25-19(13-15)20-14-16(10-12-26-20)24-28-18-6-2-4-8-22(18)30-24;2*1-2-6-12(7-3-1)15-11-10-13-8-4-5-9-14(13)16-15;;/h1-5,7-14H;2*1-6,8-11H;1H;/q3*-1;;/p-1. The molecule has 10 heteroatoms. The first-order valence-electron chi connectivity index (χ1n) is 19.9. The number of hydrogen-bond donors (Lipinski definition) is 0. The van der Waals surface area contributed by atoms with Crippen molar-refractivity contribution in [2.24, 2.45) is 0 Å². The van der Waals surface area contributed by atoms with E-state index in [1.807, 2.05) is 158 Å². The van der Waals surface area contributed by atoms with Crippen molar-refractivity contribution in [2.45, 2.75) is 0 Å². The zero-order valence-electron chi connectivity index (χ0n) is 33.8. The van der Waals surface area contributed by atoms with Crippen LogP contribution in [0.1, 0.15) is 0 Å². The number of pyridine rings is 4. The molecule has 6 aromatic heterocycles. The van der Waals surface area contributed by atoms with Gasteiger partial charge in [0.05, 0.1) is 32.6 Å². The molecular formula is C54H33ClIrN6S2-4. The summed E-state index contributed by atoms with van der Waals surface area (Å²) in [5.74, 6) is 0. The van der Waals surface area contributed by atoms with Crippen molar-refractivity contribution >= 4 is 64.9 Å². The number of halogens is 1. The molecule has 0 saturated heterocycles. The molecule has 6 aromatic carbocycles. The van der Waals surface area contributed by atoms with Gasteiger partial charge in [0.15, 0.2) is 0 Å². The molecule has 0 aliphatic rings. The molecule has 311 valence electrons. The summed E-state index contributed by atoms with van der Waals surface area (Å²) >= 11 is 3.34. The van der Waals surface area contributed by atoms with E-state index in [0.29, 0.717) is 0 Å². The molecule has 0 aliphatic carbocycles. The molecule has 1 radical (unpaired) electrons. The number of para-hydroxylation sites is 4. The van der Waals surface area contributed by atoms with Gasteiger partial charge in [-0.2, -0.15) is 35.6 Å². The summed E-state index contributed by atoms with van der Waals surface area (Å²) < 4.78 is 2.31. The average Bonchev–Trinajstić information content (AvgIpc) is 4.00. The number of thiazole rings is 2. The zero-order chi connectivity index (χ0) is 41.5. The summed E-state index contributed by atoms with van der Waals surface area (Å²) in [6.07, 6.45) is 3.63. The second kappa shape index (κ2) is 20.6. The minimum Gasteiger partial charge on any atom is -1.00 e. The van der Waals surface area contributed by atoms with Crippen molar-refractivity contribution in [1.29, 1.82) is 0 Å². The van der Waals surface area contributed by atoms with Crippen molar-refractivity contribution in [3.05, 3.63) is 219 Å². The predicted octanol–water partition coefficient (Wildman–Crippen LogP) is 10.9. The van der Waals surface area contributed by atoms with Crippen molar-refractivity contribution in [3.8, 4) is 55.0 Å². The van der Waals surface area contributed by atoms with Crippen LogP contribution in [0.15, 0.2) is 200 Å². The molecule has 6 heterocycles. The van der Waals surface area contributed by atoms with Gasteiger partial charge in [-0.15, -0.1) is 83.1 Å². The molecule has 0 N–H and O–H groups in total. The predicted molar refractivity (Wildman–Crippen MR) is 256 cm³/mol. The fourth-order valence-corrected chi connectivity index (χ4v) is 8.77. The van der Waals surface area contributed by atoms with E-state index in [2.05, 4.69) is 80.6 Å². The van der Waals surface area contributed by atoms with Crippen LogP contribution in [-0.2, 0) is 20.1 Å². The van der Waals surface area contributed by atoms with Crippen molar-refractivity contribution < 1.29 is 32.5 Å². The molecule has 0 saturated carbocycles. The van der Waals surface area contributed by atoms with E-state index in [1.165, 1.54) is 15.5 Å². The first kappa shape index (κ1) is 43.8. The molecule has 0 amide bonds. The van der Waals surface area contributed by atoms with E-state index in [9.17, 15) is 0 Å². The molecule has 6 nitrogen and oxygen atoms in total. The normalized spacial score (nSPS) is 10.6. The van der Waals surface area contributed by atoms with Gasteiger partial charge < -0.3 is 12.4 Å². The maximum Gasteiger partial charge on any atom is 0.124 e. The molecule has 0 aliphatic heterocycles. The van der Waals surface area contributed by atoms with E-state index < -0.39 is 0 Å². The molecule has 12 rings (SSSR count). The van der Waals surface area contributed by atoms with Gasteiger partial charge in [0.1, 0.15) is 10.0 Å². The first-order valence-corrected chi connectivity index (χ1v) is 21.6. The summed E-state index contributed by atoms with van der Waals surface area (Å²) in [4.78, 5) is 27.8. The molecule has 0 spiro atoms. The zero-order valence-corrected chi connectivity index (χ0v) is 38.5. The second-order valence-electron chi connectivity index (χ2n) is 14.1. The van der Waals surface area contributed by atoms with Gasteiger partial charge in [-0.1, -0.05) is 77.5 Å².